The van der Waals surface area contributed by atoms with Gasteiger partial charge in [-0.1, -0.05) is 11.6 Å². The maximum atomic E-state index is 13.4. The SMILES string of the molecule is COc1ccc(C)cc1C(O)CNc1ccc(Br)c(F)c1. The molecule has 3 nitrogen and oxygen atoms in total. The van der Waals surface area contributed by atoms with Gasteiger partial charge in [-0.3, -0.25) is 0 Å². The molecule has 0 fully saturated rings. The smallest absolute Gasteiger partial charge is 0.139 e. The molecule has 0 aliphatic heterocycles. The van der Waals surface area contributed by atoms with E-state index in [2.05, 4.69) is 21.2 Å². The normalized spacial score (nSPS) is 12.0. The molecule has 2 rings (SSSR count). The Morgan fingerprint density at radius 1 is 1.29 bits per heavy atom. The van der Waals surface area contributed by atoms with E-state index >= 15 is 0 Å². The number of hydrogen-bond donors (Lipinski definition) is 2. The zero-order chi connectivity index (χ0) is 15.4. The van der Waals surface area contributed by atoms with E-state index in [9.17, 15) is 9.50 Å². The first-order valence-corrected chi connectivity index (χ1v) is 7.32. The van der Waals surface area contributed by atoms with Crippen molar-refractivity contribution in [3.05, 3.63) is 57.8 Å². The Morgan fingerprint density at radius 2 is 2.05 bits per heavy atom. The van der Waals surface area contributed by atoms with Gasteiger partial charge in [0.2, 0.25) is 0 Å². The summed E-state index contributed by atoms with van der Waals surface area (Å²) < 4.78 is 19.1. The zero-order valence-corrected chi connectivity index (χ0v) is 13.4. The number of aryl methyl sites for hydroxylation is 1. The summed E-state index contributed by atoms with van der Waals surface area (Å²) in [7, 11) is 1.57. The van der Waals surface area contributed by atoms with Gasteiger partial charge in [0.05, 0.1) is 17.7 Å². The quantitative estimate of drug-likeness (QED) is 0.851. The minimum Gasteiger partial charge on any atom is -0.496 e. The second-order valence-electron chi connectivity index (χ2n) is 4.77. The van der Waals surface area contributed by atoms with Crippen LogP contribution in [0.2, 0.25) is 0 Å². The third kappa shape index (κ3) is 3.95. The maximum absolute atomic E-state index is 13.4. The summed E-state index contributed by atoms with van der Waals surface area (Å²) in [5.74, 6) is 0.291. The molecule has 1 unspecified atom stereocenters. The summed E-state index contributed by atoms with van der Waals surface area (Å²) in [5.41, 5.74) is 2.36. The van der Waals surface area contributed by atoms with Crippen molar-refractivity contribution < 1.29 is 14.2 Å². The van der Waals surface area contributed by atoms with Gasteiger partial charge in [0.25, 0.3) is 0 Å². The third-order valence-corrected chi connectivity index (χ3v) is 3.81. The van der Waals surface area contributed by atoms with Crippen LogP contribution in [-0.4, -0.2) is 18.8 Å². The molecule has 0 aliphatic rings. The minimum absolute atomic E-state index is 0.265. The summed E-state index contributed by atoms with van der Waals surface area (Å²) in [6, 6.07) is 10.4. The van der Waals surface area contributed by atoms with E-state index < -0.39 is 6.10 Å². The Hall–Kier alpha value is -1.59. The van der Waals surface area contributed by atoms with Crippen LogP contribution < -0.4 is 10.1 Å². The van der Waals surface area contributed by atoms with Gasteiger partial charge in [-0.2, -0.15) is 0 Å². The Bertz CT molecular complexity index is 634. The topological polar surface area (TPSA) is 41.5 Å². The van der Waals surface area contributed by atoms with Crippen LogP contribution in [0.15, 0.2) is 40.9 Å². The molecule has 5 heteroatoms. The lowest BCUT2D eigenvalue weighted by molar-refractivity contribution is 0.187. The molecule has 0 spiro atoms. The fraction of sp³-hybridized carbons (Fsp3) is 0.250. The van der Waals surface area contributed by atoms with Crippen molar-refractivity contribution >= 4 is 21.6 Å². The predicted molar refractivity (Wildman–Crippen MR) is 85.3 cm³/mol. The highest BCUT2D eigenvalue weighted by molar-refractivity contribution is 9.10. The number of aliphatic hydroxyl groups is 1. The average Bonchev–Trinajstić information content (AvgIpc) is 2.48. The Kier molecular flexibility index (Phi) is 5.20. The number of aliphatic hydroxyl groups excluding tert-OH is 1. The molecule has 112 valence electrons. The van der Waals surface area contributed by atoms with E-state index in [1.807, 2.05) is 25.1 Å². The number of ether oxygens (including phenoxy) is 1. The lowest BCUT2D eigenvalue weighted by Crippen LogP contribution is -2.13. The van der Waals surface area contributed by atoms with Gasteiger partial charge < -0.3 is 15.2 Å². The fourth-order valence-electron chi connectivity index (χ4n) is 2.04. The highest BCUT2D eigenvalue weighted by Gasteiger charge is 2.13. The third-order valence-electron chi connectivity index (χ3n) is 3.16. The van der Waals surface area contributed by atoms with Crippen molar-refractivity contribution in [3.8, 4) is 5.75 Å². The standard InChI is InChI=1S/C16H17BrFNO2/c1-10-3-6-16(21-2)12(7-10)15(20)9-19-11-4-5-13(17)14(18)8-11/h3-8,15,19-20H,9H2,1-2H3. The van der Waals surface area contributed by atoms with Crippen LogP contribution in [0.3, 0.4) is 0 Å². The molecular weight excluding hydrogens is 337 g/mol. The molecule has 0 aromatic heterocycles. The lowest BCUT2D eigenvalue weighted by atomic mass is 10.1. The molecule has 0 heterocycles. The highest BCUT2D eigenvalue weighted by atomic mass is 79.9. The van der Waals surface area contributed by atoms with Gasteiger partial charge in [-0.25, -0.2) is 4.39 Å². The minimum atomic E-state index is -0.744. The van der Waals surface area contributed by atoms with Crippen LogP contribution in [0, 0.1) is 12.7 Å². The molecule has 2 aromatic carbocycles. The van der Waals surface area contributed by atoms with E-state index in [-0.39, 0.29) is 12.4 Å². The second kappa shape index (κ2) is 6.91. The van der Waals surface area contributed by atoms with Crippen LogP contribution in [-0.2, 0) is 0 Å². The lowest BCUT2D eigenvalue weighted by Gasteiger charge is -2.17. The second-order valence-corrected chi connectivity index (χ2v) is 5.63. The van der Waals surface area contributed by atoms with E-state index in [1.165, 1.54) is 6.07 Å². The molecule has 0 radical (unpaired) electrons. The van der Waals surface area contributed by atoms with Crippen molar-refractivity contribution in [2.75, 3.05) is 19.0 Å². The summed E-state index contributed by atoms with van der Waals surface area (Å²) in [6.07, 6.45) is -0.744. The number of nitrogens with one attached hydrogen (secondary N) is 1. The van der Waals surface area contributed by atoms with Gasteiger partial charge in [-0.05, 0) is 53.2 Å². The van der Waals surface area contributed by atoms with E-state index in [4.69, 9.17) is 4.74 Å². The monoisotopic (exact) mass is 353 g/mol. The number of methoxy groups -OCH3 is 1. The van der Waals surface area contributed by atoms with Crippen molar-refractivity contribution in [3.63, 3.8) is 0 Å². The molecule has 0 bridgehead atoms. The maximum Gasteiger partial charge on any atom is 0.139 e. The van der Waals surface area contributed by atoms with E-state index in [0.717, 1.165) is 5.56 Å². The Labute approximate surface area is 131 Å². The van der Waals surface area contributed by atoms with E-state index in [0.29, 0.717) is 21.5 Å². The molecule has 2 aromatic rings. The zero-order valence-electron chi connectivity index (χ0n) is 11.9. The van der Waals surface area contributed by atoms with Crippen LogP contribution in [0.4, 0.5) is 10.1 Å². The van der Waals surface area contributed by atoms with Crippen LogP contribution in [0.1, 0.15) is 17.2 Å². The highest BCUT2D eigenvalue weighted by Crippen LogP contribution is 2.27. The summed E-state index contributed by atoms with van der Waals surface area (Å²) >= 11 is 3.10. The van der Waals surface area contributed by atoms with Crippen molar-refractivity contribution in [2.24, 2.45) is 0 Å². The first-order valence-electron chi connectivity index (χ1n) is 6.53. The average molecular weight is 354 g/mol. The van der Waals surface area contributed by atoms with Crippen LogP contribution in [0.5, 0.6) is 5.75 Å². The number of halogens is 2. The molecule has 0 saturated heterocycles. The first-order chi connectivity index (χ1) is 10.0. The Balaban J connectivity index is 2.09. The van der Waals surface area contributed by atoms with Crippen LogP contribution in [0.25, 0.3) is 0 Å². The van der Waals surface area contributed by atoms with Gasteiger partial charge in [0.15, 0.2) is 0 Å². The molecular formula is C16H17BrFNO2. The van der Waals surface area contributed by atoms with Gasteiger partial charge in [-0.15, -0.1) is 0 Å². The molecule has 0 saturated carbocycles. The summed E-state index contributed by atoms with van der Waals surface area (Å²) in [6.45, 7) is 2.22. The van der Waals surface area contributed by atoms with E-state index in [1.54, 1.807) is 19.2 Å². The van der Waals surface area contributed by atoms with Crippen molar-refractivity contribution in [1.29, 1.82) is 0 Å². The van der Waals surface area contributed by atoms with Gasteiger partial charge >= 0.3 is 0 Å². The molecule has 0 amide bonds. The molecule has 21 heavy (non-hydrogen) atoms. The Morgan fingerprint density at radius 3 is 2.71 bits per heavy atom. The first kappa shape index (κ1) is 15.8. The molecule has 0 aliphatic carbocycles. The molecule has 2 N–H and O–H groups in total. The largest absolute Gasteiger partial charge is 0.496 e. The number of rotatable bonds is 5. The van der Waals surface area contributed by atoms with Crippen molar-refractivity contribution in [2.45, 2.75) is 13.0 Å². The fourth-order valence-corrected chi connectivity index (χ4v) is 2.29. The number of benzene rings is 2. The summed E-state index contributed by atoms with van der Waals surface area (Å²) in [5, 5.41) is 13.3. The van der Waals surface area contributed by atoms with Crippen LogP contribution >= 0.6 is 15.9 Å². The number of anilines is 1. The number of hydrogen-bond acceptors (Lipinski definition) is 3. The van der Waals surface area contributed by atoms with Gasteiger partial charge in [0, 0.05) is 17.8 Å². The summed E-state index contributed by atoms with van der Waals surface area (Å²) in [4.78, 5) is 0. The van der Waals surface area contributed by atoms with Gasteiger partial charge in [0.1, 0.15) is 11.6 Å². The van der Waals surface area contributed by atoms with Crippen molar-refractivity contribution in [1.82, 2.24) is 0 Å². The predicted octanol–water partition coefficient (Wildman–Crippen LogP) is 4.05. The molecule has 1 atom stereocenters.